The van der Waals surface area contributed by atoms with Gasteiger partial charge in [0.05, 0.1) is 0 Å². The molecule has 4 nitrogen and oxygen atoms in total. The Hall–Kier alpha value is -2.88. The molecule has 0 saturated carbocycles. The predicted molar refractivity (Wildman–Crippen MR) is 84.7 cm³/mol. The summed E-state index contributed by atoms with van der Waals surface area (Å²) in [6, 6.07) is 13.1. The summed E-state index contributed by atoms with van der Waals surface area (Å²) in [6.45, 7) is 5.40. The van der Waals surface area contributed by atoms with Gasteiger partial charge in [-0.3, -0.25) is 0 Å². The van der Waals surface area contributed by atoms with E-state index < -0.39 is 5.97 Å². The van der Waals surface area contributed by atoms with Crippen molar-refractivity contribution in [3.63, 3.8) is 0 Å². The van der Waals surface area contributed by atoms with E-state index in [-0.39, 0.29) is 0 Å². The summed E-state index contributed by atoms with van der Waals surface area (Å²) in [4.78, 5) is 15.8. The second-order valence-corrected chi connectivity index (χ2v) is 4.79. The highest BCUT2D eigenvalue weighted by molar-refractivity contribution is 5.84. The highest BCUT2D eigenvalue weighted by Gasteiger charge is 2.12. The van der Waals surface area contributed by atoms with Gasteiger partial charge in [0.2, 0.25) is 5.89 Å². The highest BCUT2D eigenvalue weighted by Crippen LogP contribution is 2.29. The van der Waals surface area contributed by atoms with Gasteiger partial charge in [-0.1, -0.05) is 25.6 Å². The van der Waals surface area contributed by atoms with E-state index in [1.807, 2.05) is 43.3 Å². The Morgan fingerprint density at radius 1 is 1.32 bits per heavy atom. The fourth-order valence-corrected chi connectivity index (χ4v) is 2.23. The van der Waals surface area contributed by atoms with Gasteiger partial charge >= 0.3 is 5.97 Å². The number of hydrogen-bond donors (Lipinski definition) is 0. The lowest BCUT2D eigenvalue weighted by Gasteiger charge is -2.08. The number of hydrogen-bond acceptors (Lipinski definition) is 4. The van der Waals surface area contributed by atoms with Crippen LogP contribution in [0, 0.1) is 0 Å². The standard InChI is InChI=1S/C18H15NO3/c1-3-12-11-13(9-10-15(12)21-17(20)4-2)18-19-14-7-5-6-8-16(14)22-18/h4-11H,2-3H2,1H3. The van der Waals surface area contributed by atoms with Gasteiger partial charge in [-0.25, -0.2) is 9.78 Å². The van der Waals surface area contributed by atoms with E-state index in [2.05, 4.69) is 11.6 Å². The molecule has 0 atom stereocenters. The number of aryl methyl sites for hydroxylation is 1. The molecule has 110 valence electrons. The number of esters is 1. The average molecular weight is 293 g/mol. The third-order valence-electron chi connectivity index (χ3n) is 3.36. The lowest BCUT2D eigenvalue weighted by atomic mass is 10.1. The number of aromatic nitrogens is 1. The Balaban J connectivity index is 2.00. The molecule has 0 aliphatic carbocycles. The van der Waals surface area contributed by atoms with Crippen LogP contribution in [-0.4, -0.2) is 11.0 Å². The minimum atomic E-state index is -0.468. The lowest BCUT2D eigenvalue weighted by molar-refractivity contribution is -0.129. The van der Waals surface area contributed by atoms with Gasteiger partial charge in [0.25, 0.3) is 0 Å². The molecule has 0 unspecified atom stereocenters. The van der Waals surface area contributed by atoms with E-state index in [4.69, 9.17) is 9.15 Å². The Morgan fingerprint density at radius 2 is 2.14 bits per heavy atom. The number of para-hydroxylation sites is 2. The average Bonchev–Trinajstić information content (AvgIpc) is 2.99. The van der Waals surface area contributed by atoms with Crippen LogP contribution in [0.15, 0.2) is 59.5 Å². The Bertz CT molecular complexity index is 815. The second kappa shape index (κ2) is 5.85. The summed E-state index contributed by atoms with van der Waals surface area (Å²) in [6.07, 6.45) is 1.88. The smallest absolute Gasteiger partial charge is 0.335 e. The summed E-state index contributed by atoms with van der Waals surface area (Å²) < 4.78 is 11.0. The van der Waals surface area contributed by atoms with Gasteiger partial charge in [-0.15, -0.1) is 0 Å². The first-order valence-electron chi connectivity index (χ1n) is 7.04. The van der Waals surface area contributed by atoms with Crippen molar-refractivity contribution in [3.8, 4) is 17.2 Å². The molecule has 4 heteroatoms. The van der Waals surface area contributed by atoms with E-state index in [9.17, 15) is 4.79 Å². The Kier molecular flexibility index (Phi) is 3.74. The Morgan fingerprint density at radius 3 is 2.86 bits per heavy atom. The molecule has 1 heterocycles. The van der Waals surface area contributed by atoms with E-state index in [0.717, 1.165) is 34.7 Å². The van der Waals surface area contributed by atoms with E-state index >= 15 is 0 Å². The minimum Gasteiger partial charge on any atom is -0.436 e. The van der Waals surface area contributed by atoms with Crippen LogP contribution in [0.25, 0.3) is 22.6 Å². The first-order chi connectivity index (χ1) is 10.7. The number of oxazole rings is 1. The fourth-order valence-electron chi connectivity index (χ4n) is 2.23. The topological polar surface area (TPSA) is 52.3 Å². The maximum Gasteiger partial charge on any atom is 0.335 e. The van der Waals surface area contributed by atoms with Crippen LogP contribution in [0.3, 0.4) is 0 Å². The van der Waals surface area contributed by atoms with E-state index in [1.54, 1.807) is 6.07 Å². The van der Waals surface area contributed by atoms with Crippen molar-refractivity contribution in [3.05, 3.63) is 60.7 Å². The van der Waals surface area contributed by atoms with E-state index in [1.165, 1.54) is 0 Å². The van der Waals surface area contributed by atoms with Gasteiger partial charge < -0.3 is 9.15 Å². The summed E-state index contributed by atoms with van der Waals surface area (Å²) in [5.74, 6) is 0.620. The number of benzene rings is 2. The molecule has 0 bridgehead atoms. The Labute approximate surface area is 128 Å². The molecule has 22 heavy (non-hydrogen) atoms. The molecule has 0 aliphatic heterocycles. The maximum atomic E-state index is 11.4. The van der Waals surface area contributed by atoms with Crippen molar-refractivity contribution in [2.24, 2.45) is 0 Å². The molecule has 2 aromatic carbocycles. The third kappa shape index (κ3) is 2.63. The molecule has 3 aromatic rings. The largest absolute Gasteiger partial charge is 0.436 e. The number of fused-ring (bicyclic) bond motifs is 1. The zero-order valence-corrected chi connectivity index (χ0v) is 12.2. The molecule has 0 amide bonds. The summed E-state index contributed by atoms with van der Waals surface area (Å²) in [5, 5.41) is 0. The van der Waals surface area contributed by atoms with Gasteiger partial charge in [-0.05, 0) is 42.3 Å². The van der Waals surface area contributed by atoms with Crippen molar-refractivity contribution >= 4 is 17.1 Å². The van der Waals surface area contributed by atoms with Gasteiger partial charge in [-0.2, -0.15) is 0 Å². The first kappa shape index (κ1) is 14.1. The number of carbonyl (C=O) groups excluding carboxylic acids is 1. The molecule has 0 radical (unpaired) electrons. The van der Waals surface area contributed by atoms with Crippen molar-refractivity contribution in [1.29, 1.82) is 0 Å². The molecular weight excluding hydrogens is 278 g/mol. The van der Waals surface area contributed by atoms with Gasteiger partial charge in [0, 0.05) is 11.6 Å². The maximum absolute atomic E-state index is 11.4. The van der Waals surface area contributed by atoms with E-state index in [0.29, 0.717) is 11.6 Å². The quantitative estimate of drug-likeness (QED) is 0.412. The zero-order chi connectivity index (χ0) is 15.5. The first-order valence-corrected chi connectivity index (χ1v) is 7.04. The SMILES string of the molecule is C=CC(=O)Oc1ccc(-c2nc3ccccc3o2)cc1CC. The van der Waals surface area contributed by atoms with Crippen molar-refractivity contribution in [1.82, 2.24) is 4.98 Å². The van der Waals surface area contributed by atoms with Crippen LogP contribution in [0.5, 0.6) is 5.75 Å². The summed E-state index contributed by atoms with van der Waals surface area (Å²) in [7, 11) is 0. The second-order valence-electron chi connectivity index (χ2n) is 4.79. The number of ether oxygens (including phenoxy) is 1. The van der Waals surface area contributed by atoms with Crippen molar-refractivity contribution < 1.29 is 13.9 Å². The predicted octanol–water partition coefficient (Wildman–Crippen LogP) is 4.15. The highest BCUT2D eigenvalue weighted by atomic mass is 16.5. The molecular formula is C18H15NO3. The summed E-state index contributed by atoms with van der Waals surface area (Å²) in [5.41, 5.74) is 3.33. The van der Waals surface area contributed by atoms with Gasteiger partial charge in [0.1, 0.15) is 11.3 Å². The van der Waals surface area contributed by atoms with Crippen molar-refractivity contribution in [2.75, 3.05) is 0 Å². The lowest BCUT2D eigenvalue weighted by Crippen LogP contribution is -2.05. The fraction of sp³-hybridized carbons (Fsp3) is 0.111. The van der Waals surface area contributed by atoms with Gasteiger partial charge in [0.15, 0.2) is 5.58 Å². The number of rotatable bonds is 4. The minimum absolute atomic E-state index is 0.468. The monoisotopic (exact) mass is 293 g/mol. The zero-order valence-electron chi connectivity index (χ0n) is 12.2. The molecule has 0 fully saturated rings. The number of carbonyl (C=O) groups is 1. The molecule has 3 rings (SSSR count). The molecule has 0 aliphatic rings. The molecule has 0 spiro atoms. The van der Waals surface area contributed by atoms with Crippen LogP contribution < -0.4 is 4.74 Å². The van der Waals surface area contributed by atoms with Crippen LogP contribution in [0.1, 0.15) is 12.5 Å². The van der Waals surface area contributed by atoms with Crippen LogP contribution in [-0.2, 0) is 11.2 Å². The van der Waals surface area contributed by atoms with Crippen LogP contribution in [0.2, 0.25) is 0 Å². The normalized spacial score (nSPS) is 10.6. The molecule has 1 aromatic heterocycles. The summed E-state index contributed by atoms with van der Waals surface area (Å²) >= 11 is 0. The molecule has 0 saturated heterocycles. The third-order valence-corrected chi connectivity index (χ3v) is 3.36. The van der Waals surface area contributed by atoms with Crippen molar-refractivity contribution in [2.45, 2.75) is 13.3 Å². The van der Waals surface area contributed by atoms with Crippen LogP contribution in [0.4, 0.5) is 0 Å². The number of nitrogens with zero attached hydrogens (tertiary/aromatic N) is 1. The molecule has 0 N–H and O–H groups in total. The van der Waals surface area contributed by atoms with Crippen LogP contribution >= 0.6 is 0 Å².